The molecule has 0 radical (unpaired) electrons. The van der Waals surface area contributed by atoms with Crippen LogP contribution in [0.3, 0.4) is 0 Å². The summed E-state index contributed by atoms with van der Waals surface area (Å²) in [5, 5.41) is 5.76. The standard InChI is InChI=1S/C17H11FN6O2S/c18-12-4-2-1-3-11(12)16-20-13(9-27-16)15(25)22-23-17-21-14(24-26-17)10-5-7-19-8-6-10/h1-9H,(H,22,25)(H,21,23,24). The van der Waals surface area contributed by atoms with Crippen LogP contribution in [-0.2, 0) is 0 Å². The Morgan fingerprint density at radius 2 is 1.93 bits per heavy atom. The van der Waals surface area contributed by atoms with E-state index in [0.717, 1.165) is 5.56 Å². The van der Waals surface area contributed by atoms with Crippen molar-refractivity contribution in [3.63, 3.8) is 0 Å². The molecular formula is C17H11FN6O2S. The van der Waals surface area contributed by atoms with Gasteiger partial charge in [0.2, 0.25) is 5.82 Å². The van der Waals surface area contributed by atoms with E-state index in [9.17, 15) is 9.18 Å². The van der Waals surface area contributed by atoms with E-state index in [2.05, 4.69) is 31.0 Å². The first-order chi connectivity index (χ1) is 13.2. The Hall–Kier alpha value is -3.66. The quantitative estimate of drug-likeness (QED) is 0.511. The average molecular weight is 382 g/mol. The molecule has 10 heteroatoms. The minimum atomic E-state index is -0.516. The highest BCUT2D eigenvalue weighted by Crippen LogP contribution is 2.26. The lowest BCUT2D eigenvalue weighted by Crippen LogP contribution is -2.29. The van der Waals surface area contributed by atoms with E-state index in [4.69, 9.17) is 4.52 Å². The first kappa shape index (κ1) is 16.8. The highest BCUT2D eigenvalue weighted by molar-refractivity contribution is 7.13. The second kappa shape index (κ2) is 7.30. The predicted octanol–water partition coefficient (Wildman–Crippen LogP) is 3.15. The fraction of sp³-hybridized carbons (Fsp3) is 0. The van der Waals surface area contributed by atoms with Crippen LogP contribution in [-0.4, -0.2) is 26.0 Å². The first-order valence-electron chi connectivity index (χ1n) is 7.71. The monoisotopic (exact) mass is 382 g/mol. The number of pyridine rings is 1. The number of thiazole rings is 1. The fourth-order valence-corrected chi connectivity index (χ4v) is 3.03. The van der Waals surface area contributed by atoms with Gasteiger partial charge in [-0.25, -0.2) is 14.8 Å². The smallest absolute Gasteiger partial charge is 0.313 e. The molecular weight excluding hydrogens is 371 g/mol. The van der Waals surface area contributed by atoms with E-state index < -0.39 is 11.7 Å². The second-order valence-electron chi connectivity index (χ2n) is 5.26. The largest absolute Gasteiger partial charge is 0.340 e. The molecule has 2 N–H and O–H groups in total. The molecule has 3 aromatic heterocycles. The minimum Gasteiger partial charge on any atom is -0.313 e. The summed E-state index contributed by atoms with van der Waals surface area (Å²) in [4.78, 5) is 24.4. The van der Waals surface area contributed by atoms with E-state index >= 15 is 0 Å². The van der Waals surface area contributed by atoms with E-state index in [0.29, 0.717) is 16.4 Å². The van der Waals surface area contributed by atoms with Gasteiger partial charge in [-0.2, -0.15) is 4.98 Å². The summed E-state index contributed by atoms with van der Waals surface area (Å²) in [5.74, 6) is -0.561. The van der Waals surface area contributed by atoms with Gasteiger partial charge in [-0.1, -0.05) is 17.3 Å². The van der Waals surface area contributed by atoms with Crippen molar-refractivity contribution in [1.82, 2.24) is 25.5 Å². The number of carbonyl (C=O) groups excluding carboxylic acids is 1. The molecule has 0 unspecified atom stereocenters. The number of benzene rings is 1. The van der Waals surface area contributed by atoms with Crippen LogP contribution in [0.4, 0.5) is 10.4 Å². The maximum atomic E-state index is 13.8. The molecule has 1 amide bonds. The van der Waals surface area contributed by atoms with Crippen LogP contribution in [0.5, 0.6) is 0 Å². The third-order valence-electron chi connectivity index (χ3n) is 3.49. The molecule has 0 atom stereocenters. The van der Waals surface area contributed by atoms with Crippen molar-refractivity contribution in [3.8, 4) is 22.0 Å². The normalized spacial score (nSPS) is 10.6. The molecule has 0 fully saturated rings. The van der Waals surface area contributed by atoms with Crippen LogP contribution in [0.25, 0.3) is 22.0 Å². The number of halogens is 1. The van der Waals surface area contributed by atoms with Gasteiger partial charge in [-0.3, -0.25) is 15.2 Å². The minimum absolute atomic E-state index is 0.0136. The van der Waals surface area contributed by atoms with Gasteiger partial charge in [-0.15, -0.1) is 11.3 Å². The Bertz CT molecular complexity index is 1080. The number of carbonyl (C=O) groups is 1. The number of nitrogens with zero attached hydrogens (tertiary/aromatic N) is 4. The summed E-state index contributed by atoms with van der Waals surface area (Å²) in [6.07, 6.45) is 3.21. The van der Waals surface area contributed by atoms with E-state index in [1.54, 1.807) is 42.7 Å². The van der Waals surface area contributed by atoms with Crippen molar-refractivity contribution < 1.29 is 13.7 Å². The molecule has 8 nitrogen and oxygen atoms in total. The third-order valence-corrected chi connectivity index (χ3v) is 4.36. The van der Waals surface area contributed by atoms with Gasteiger partial charge in [0, 0.05) is 28.9 Å². The van der Waals surface area contributed by atoms with Crippen molar-refractivity contribution in [2.24, 2.45) is 0 Å². The zero-order valence-corrected chi connectivity index (χ0v) is 14.4. The molecule has 0 aliphatic rings. The number of hydrazine groups is 1. The van der Waals surface area contributed by atoms with Crippen LogP contribution < -0.4 is 10.9 Å². The lowest BCUT2D eigenvalue weighted by Gasteiger charge is -2.01. The van der Waals surface area contributed by atoms with Crippen molar-refractivity contribution >= 4 is 23.3 Å². The second-order valence-corrected chi connectivity index (χ2v) is 6.11. The van der Waals surface area contributed by atoms with E-state index in [1.807, 2.05) is 0 Å². The molecule has 3 heterocycles. The fourth-order valence-electron chi connectivity index (χ4n) is 2.20. The Morgan fingerprint density at radius 3 is 2.74 bits per heavy atom. The van der Waals surface area contributed by atoms with Crippen molar-refractivity contribution in [2.75, 3.05) is 5.43 Å². The number of nitrogens with one attached hydrogen (secondary N) is 2. The van der Waals surface area contributed by atoms with Crippen LogP contribution in [0.1, 0.15) is 10.5 Å². The van der Waals surface area contributed by atoms with Gasteiger partial charge in [0.05, 0.1) is 0 Å². The number of hydrogen-bond donors (Lipinski definition) is 2. The van der Waals surface area contributed by atoms with Crippen LogP contribution >= 0.6 is 11.3 Å². The highest BCUT2D eigenvalue weighted by atomic mass is 32.1. The van der Waals surface area contributed by atoms with Crippen LogP contribution in [0.15, 0.2) is 58.7 Å². The third kappa shape index (κ3) is 3.65. The number of amides is 1. The zero-order chi connectivity index (χ0) is 18.6. The van der Waals surface area contributed by atoms with Gasteiger partial charge in [-0.05, 0) is 24.3 Å². The number of anilines is 1. The Kier molecular flexibility index (Phi) is 4.54. The lowest BCUT2D eigenvalue weighted by atomic mass is 10.2. The molecule has 0 saturated heterocycles. The maximum Gasteiger partial charge on any atom is 0.340 e. The Morgan fingerprint density at radius 1 is 1.11 bits per heavy atom. The molecule has 0 bridgehead atoms. The SMILES string of the molecule is O=C(NNc1nc(-c2ccncc2)no1)c1csc(-c2ccccc2F)n1. The predicted molar refractivity (Wildman–Crippen MR) is 96.1 cm³/mol. The molecule has 0 spiro atoms. The van der Waals surface area contributed by atoms with Crippen molar-refractivity contribution in [3.05, 3.63) is 65.7 Å². The topological polar surface area (TPSA) is 106 Å². The van der Waals surface area contributed by atoms with Gasteiger partial charge in [0.1, 0.15) is 16.5 Å². The number of hydrogen-bond acceptors (Lipinski definition) is 8. The highest BCUT2D eigenvalue weighted by Gasteiger charge is 2.15. The van der Waals surface area contributed by atoms with Gasteiger partial charge in [0.15, 0.2) is 0 Å². The Labute approximate surface area is 156 Å². The lowest BCUT2D eigenvalue weighted by molar-refractivity contribution is 0.0957. The summed E-state index contributed by atoms with van der Waals surface area (Å²) in [7, 11) is 0. The molecule has 134 valence electrons. The summed E-state index contributed by atoms with van der Waals surface area (Å²) >= 11 is 1.17. The summed E-state index contributed by atoms with van der Waals surface area (Å²) in [6.45, 7) is 0. The van der Waals surface area contributed by atoms with Gasteiger partial charge in [0.25, 0.3) is 5.91 Å². The summed E-state index contributed by atoms with van der Waals surface area (Å²) in [6, 6.07) is 9.71. The molecule has 4 aromatic rings. The summed E-state index contributed by atoms with van der Waals surface area (Å²) in [5.41, 5.74) is 6.14. The summed E-state index contributed by atoms with van der Waals surface area (Å²) < 4.78 is 18.8. The first-order valence-corrected chi connectivity index (χ1v) is 8.59. The van der Waals surface area contributed by atoms with Gasteiger partial charge < -0.3 is 4.52 Å². The van der Waals surface area contributed by atoms with Crippen LogP contribution in [0.2, 0.25) is 0 Å². The molecule has 0 saturated carbocycles. The van der Waals surface area contributed by atoms with Gasteiger partial charge >= 0.3 is 6.01 Å². The van der Waals surface area contributed by atoms with E-state index in [1.165, 1.54) is 22.8 Å². The Balaban J connectivity index is 1.42. The molecule has 4 rings (SSSR count). The van der Waals surface area contributed by atoms with E-state index in [-0.39, 0.29) is 11.7 Å². The molecule has 27 heavy (non-hydrogen) atoms. The average Bonchev–Trinajstić information content (AvgIpc) is 3.37. The molecule has 0 aliphatic carbocycles. The molecule has 1 aromatic carbocycles. The van der Waals surface area contributed by atoms with Crippen molar-refractivity contribution in [2.45, 2.75) is 0 Å². The van der Waals surface area contributed by atoms with Crippen LogP contribution in [0, 0.1) is 5.82 Å². The zero-order valence-electron chi connectivity index (χ0n) is 13.6. The maximum absolute atomic E-state index is 13.8. The molecule has 0 aliphatic heterocycles. The number of aromatic nitrogens is 4. The number of rotatable bonds is 5. The van der Waals surface area contributed by atoms with Crippen molar-refractivity contribution in [1.29, 1.82) is 0 Å².